The van der Waals surface area contributed by atoms with Gasteiger partial charge in [0.05, 0.1) is 49.0 Å². The molecular weight excluding hydrogens is 366 g/mol. The van der Waals surface area contributed by atoms with Gasteiger partial charge in [-0.1, -0.05) is 12.1 Å². The van der Waals surface area contributed by atoms with E-state index in [0.29, 0.717) is 18.9 Å². The van der Waals surface area contributed by atoms with E-state index in [1.807, 2.05) is 0 Å². The van der Waals surface area contributed by atoms with Gasteiger partial charge in [0, 0.05) is 0 Å². The molecule has 3 saturated heterocycles. The van der Waals surface area contributed by atoms with E-state index in [1.54, 1.807) is 37.3 Å². The summed E-state index contributed by atoms with van der Waals surface area (Å²) < 4.78 is 22.3. The number of esters is 1. The molecule has 4 aliphatic rings. The monoisotopic (exact) mass is 385 g/mol. The smallest absolute Gasteiger partial charge is 0.338 e. The molecule has 0 spiro atoms. The molecule has 0 aliphatic carbocycles. The highest BCUT2D eigenvalue weighted by molar-refractivity contribution is 6.23. The number of benzene rings is 1. The van der Waals surface area contributed by atoms with E-state index in [0.717, 1.165) is 4.90 Å². The molecule has 4 heterocycles. The van der Waals surface area contributed by atoms with Gasteiger partial charge in [0.2, 0.25) is 11.8 Å². The zero-order chi connectivity index (χ0) is 19.5. The standard InChI is InChI=1S/C20H19NO7/c1-2-25-18(24)11-4-3-5-12(10-11)21-16(22)14-13-6-7-20(28-13,15(14)17(21)23)19-26-8-9-27-19/h3-7,10,13-15,19H,2,8-9H2,1H3/t13-,14+,15+,20-/m1/s1. The van der Waals surface area contributed by atoms with E-state index in [2.05, 4.69) is 0 Å². The lowest BCUT2D eigenvalue weighted by atomic mass is 9.76. The summed E-state index contributed by atoms with van der Waals surface area (Å²) in [7, 11) is 0. The summed E-state index contributed by atoms with van der Waals surface area (Å²) in [6.45, 7) is 2.79. The second-order valence-corrected chi connectivity index (χ2v) is 7.15. The van der Waals surface area contributed by atoms with Crippen LogP contribution in [0.5, 0.6) is 0 Å². The van der Waals surface area contributed by atoms with Gasteiger partial charge < -0.3 is 18.9 Å². The minimum atomic E-state index is -1.09. The average molecular weight is 385 g/mol. The Hall–Kier alpha value is -2.55. The maximum atomic E-state index is 13.3. The quantitative estimate of drug-likeness (QED) is 0.435. The fourth-order valence-electron chi connectivity index (χ4n) is 4.57. The lowest BCUT2D eigenvalue weighted by molar-refractivity contribution is -0.180. The van der Waals surface area contributed by atoms with Crippen molar-refractivity contribution in [1.82, 2.24) is 0 Å². The Labute approximate surface area is 161 Å². The number of hydrogen-bond donors (Lipinski definition) is 0. The maximum Gasteiger partial charge on any atom is 0.338 e. The average Bonchev–Trinajstić information content (AvgIpc) is 3.45. The number of carbonyl (C=O) groups is 3. The van der Waals surface area contributed by atoms with Crippen LogP contribution in [0.25, 0.3) is 0 Å². The SMILES string of the molecule is CCOC(=O)c1cccc(N2C(=O)[C@@H]3[C@@H](C2=O)[C@@]2(C4OCCO4)C=C[C@H]3O2)c1. The molecule has 8 heteroatoms. The number of ether oxygens (including phenoxy) is 4. The first-order valence-corrected chi connectivity index (χ1v) is 9.32. The predicted octanol–water partition coefficient (Wildman–Crippen LogP) is 1.05. The molecule has 8 nitrogen and oxygen atoms in total. The number of carbonyl (C=O) groups excluding carboxylic acids is 3. The molecule has 0 unspecified atom stereocenters. The van der Waals surface area contributed by atoms with Crippen molar-refractivity contribution in [3.63, 3.8) is 0 Å². The predicted molar refractivity (Wildman–Crippen MR) is 94.3 cm³/mol. The molecule has 0 N–H and O–H groups in total. The molecule has 0 radical (unpaired) electrons. The van der Waals surface area contributed by atoms with Crippen LogP contribution in [0.1, 0.15) is 17.3 Å². The molecule has 2 amide bonds. The molecule has 4 aliphatic heterocycles. The molecular formula is C20H19NO7. The Morgan fingerprint density at radius 1 is 1.25 bits per heavy atom. The summed E-state index contributed by atoms with van der Waals surface area (Å²) in [6, 6.07) is 6.34. The fraction of sp³-hybridized carbons (Fsp3) is 0.450. The number of hydrogen-bond acceptors (Lipinski definition) is 7. The van der Waals surface area contributed by atoms with Crippen LogP contribution in [0.15, 0.2) is 36.4 Å². The van der Waals surface area contributed by atoms with Gasteiger partial charge in [0.1, 0.15) is 0 Å². The molecule has 5 rings (SSSR count). The lowest BCUT2D eigenvalue weighted by Gasteiger charge is -2.32. The van der Waals surface area contributed by atoms with Crippen LogP contribution in [0.2, 0.25) is 0 Å². The Kier molecular flexibility index (Phi) is 3.90. The van der Waals surface area contributed by atoms with Crippen molar-refractivity contribution in [2.45, 2.75) is 24.9 Å². The molecule has 28 heavy (non-hydrogen) atoms. The first kappa shape index (κ1) is 17.5. The van der Waals surface area contributed by atoms with Crippen molar-refractivity contribution in [2.24, 2.45) is 11.8 Å². The van der Waals surface area contributed by atoms with E-state index >= 15 is 0 Å². The van der Waals surface area contributed by atoms with Crippen LogP contribution in [0, 0.1) is 11.8 Å². The van der Waals surface area contributed by atoms with Gasteiger partial charge in [0.25, 0.3) is 0 Å². The van der Waals surface area contributed by atoms with E-state index in [-0.39, 0.29) is 24.0 Å². The van der Waals surface area contributed by atoms with Crippen LogP contribution < -0.4 is 4.90 Å². The van der Waals surface area contributed by atoms with Crippen molar-refractivity contribution >= 4 is 23.5 Å². The van der Waals surface area contributed by atoms with E-state index < -0.39 is 35.8 Å². The zero-order valence-electron chi connectivity index (χ0n) is 15.2. The summed E-state index contributed by atoms with van der Waals surface area (Å²) in [5.41, 5.74) is -0.462. The van der Waals surface area contributed by atoms with Crippen molar-refractivity contribution in [1.29, 1.82) is 0 Å². The van der Waals surface area contributed by atoms with Crippen molar-refractivity contribution in [3.8, 4) is 0 Å². The third-order valence-electron chi connectivity index (χ3n) is 5.68. The van der Waals surface area contributed by atoms with Crippen LogP contribution in [0.4, 0.5) is 5.69 Å². The van der Waals surface area contributed by atoms with Gasteiger partial charge in [0.15, 0.2) is 11.9 Å². The molecule has 1 aromatic rings. The van der Waals surface area contributed by atoms with Gasteiger partial charge in [-0.05, 0) is 31.2 Å². The van der Waals surface area contributed by atoms with Gasteiger partial charge in [-0.2, -0.15) is 0 Å². The number of anilines is 1. The lowest BCUT2D eigenvalue weighted by Crippen LogP contribution is -2.49. The highest BCUT2D eigenvalue weighted by Gasteiger charge is 2.71. The molecule has 0 aromatic heterocycles. The third kappa shape index (κ3) is 2.25. The second kappa shape index (κ2) is 6.23. The van der Waals surface area contributed by atoms with Gasteiger partial charge >= 0.3 is 5.97 Å². The van der Waals surface area contributed by atoms with Gasteiger partial charge in [-0.25, -0.2) is 9.69 Å². The normalized spacial score (nSPS) is 33.8. The Morgan fingerprint density at radius 2 is 2.04 bits per heavy atom. The van der Waals surface area contributed by atoms with E-state index in [4.69, 9.17) is 18.9 Å². The minimum absolute atomic E-state index is 0.239. The summed E-state index contributed by atoms with van der Waals surface area (Å²) in [5.74, 6) is -2.56. The minimum Gasteiger partial charge on any atom is -0.462 e. The molecule has 3 fully saturated rings. The highest BCUT2D eigenvalue weighted by Crippen LogP contribution is 2.55. The number of fused-ring (bicyclic) bond motifs is 5. The Bertz CT molecular complexity index is 890. The van der Waals surface area contributed by atoms with Gasteiger partial charge in [-0.3, -0.25) is 9.59 Å². The Balaban J connectivity index is 1.50. The fourth-order valence-corrected chi connectivity index (χ4v) is 4.57. The third-order valence-corrected chi connectivity index (χ3v) is 5.68. The number of nitrogens with zero attached hydrogens (tertiary/aromatic N) is 1. The molecule has 0 saturated carbocycles. The van der Waals surface area contributed by atoms with E-state index in [1.165, 1.54) is 6.07 Å². The summed E-state index contributed by atoms with van der Waals surface area (Å²) in [5, 5.41) is 0. The zero-order valence-corrected chi connectivity index (χ0v) is 15.2. The van der Waals surface area contributed by atoms with Gasteiger partial charge in [-0.15, -0.1) is 0 Å². The molecule has 1 aromatic carbocycles. The van der Waals surface area contributed by atoms with Crippen molar-refractivity contribution in [2.75, 3.05) is 24.7 Å². The van der Waals surface area contributed by atoms with Crippen LogP contribution in [-0.4, -0.2) is 55.6 Å². The first-order chi connectivity index (χ1) is 13.6. The molecule has 146 valence electrons. The first-order valence-electron chi connectivity index (χ1n) is 9.32. The van der Waals surface area contributed by atoms with Crippen LogP contribution >= 0.6 is 0 Å². The Morgan fingerprint density at radius 3 is 2.79 bits per heavy atom. The molecule has 2 bridgehead atoms. The van der Waals surface area contributed by atoms with Crippen molar-refractivity contribution < 1.29 is 33.3 Å². The van der Waals surface area contributed by atoms with E-state index in [9.17, 15) is 14.4 Å². The number of amides is 2. The maximum absolute atomic E-state index is 13.3. The number of imide groups is 1. The van der Waals surface area contributed by atoms with Crippen LogP contribution in [0.3, 0.4) is 0 Å². The van der Waals surface area contributed by atoms with Crippen molar-refractivity contribution in [3.05, 3.63) is 42.0 Å². The molecule has 4 atom stereocenters. The summed E-state index contributed by atoms with van der Waals surface area (Å²) in [4.78, 5) is 39.6. The van der Waals surface area contributed by atoms with Crippen LogP contribution in [-0.2, 0) is 28.5 Å². The summed E-state index contributed by atoms with van der Waals surface area (Å²) in [6.07, 6.45) is 2.38. The second-order valence-electron chi connectivity index (χ2n) is 7.15. The number of rotatable bonds is 4. The summed E-state index contributed by atoms with van der Waals surface area (Å²) >= 11 is 0. The topological polar surface area (TPSA) is 91.4 Å². The largest absolute Gasteiger partial charge is 0.462 e. The highest BCUT2D eigenvalue weighted by atomic mass is 16.7.